The first-order valence-electron chi connectivity index (χ1n) is 10.2. The van der Waals surface area contributed by atoms with Gasteiger partial charge in [0.2, 0.25) is 0 Å². The van der Waals surface area contributed by atoms with E-state index in [0.717, 1.165) is 43.1 Å². The third-order valence-corrected chi connectivity index (χ3v) is 5.68. The highest BCUT2D eigenvalue weighted by Crippen LogP contribution is 2.35. The number of ether oxygens (including phenoxy) is 2. The molecule has 164 valence electrons. The van der Waals surface area contributed by atoms with Crippen LogP contribution >= 0.6 is 0 Å². The quantitative estimate of drug-likeness (QED) is 0.574. The highest BCUT2D eigenvalue weighted by molar-refractivity contribution is 5.45. The molecule has 2 aromatic carbocycles. The van der Waals surface area contributed by atoms with Gasteiger partial charge in [0, 0.05) is 26.2 Å². The van der Waals surface area contributed by atoms with Crippen LogP contribution in [-0.2, 0) is 6.54 Å². The summed E-state index contributed by atoms with van der Waals surface area (Å²) in [5, 5.41) is 12.6. The maximum atomic E-state index is 13.3. The number of halogens is 1. The lowest BCUT2D eigenvalue weighted by Crippen LogP contribution is -2.46. The number of aromatic nitrogens is 4. The van der Waals surface area contributed by atoms with Gasteiger partial charge in [0.15, 0.2) is 17.3 Å². The van der Waals surface area contributed by atoms with Crippen molar-refractivity contribution in [2.75, 3.05) is 47.4 Å². The number of hydrogen-bond acceptors (Lipinski definition) is 7. The molecule has 0 saturated carbocycles. The summed E-state index contributed by atoms with van der Waals surface area (Å²) < 4.78 is 26.1. The van der Waals surface area contributed by atoms with Crippen LogP contribution in [0.1, 0.15) is 23.0 Å². The van der Waals surface area contributed by atoms with Crippen LogP contribution in [0.15, 0.2) is 42.5 Å². The predicted octanol–water partition coefficient (Wildman–Crippen LogP) is 2.21. The Kier molecular flexibility index (Phi) is 6.43. The molecule has 1 fully saturated rings. The molecule has 2 heterocycles. The molecular weight excluding hydrogens is 399 g/mol. The molecule has 0 bridgehead atoms. The summed E-state index contributed by atoms with van der Waals surface area (Å²) in [4.78, 5) is 4.69. The Morgan fingerprint density at radius 2 is 1.68 bits per heavy atom. The summed E-state index contributed by atoms with van der Waals surface area (Å²) in [5.74, 6) is 1.81. The lowest BCUT2D eigenvalue weighted by atomic mass is 10.0. The van der Waals surface area contributed by atoms with Crippen molar-refractivity contribution in [2.45, 2.75) is 12.6 Å². The first kappa shape index (κ1) is 21.2. The van der Waals surface area contributed by atoms with Crippen LogP contribution < -0.4 is 9.47 Å². The highest BCUT2D eigenvalue weighted by Gasteiger charge is 2.30. The minimum atomic E-state index is -0.263. The van der Waals surface area contributed by atoms with Crippen LogP contribution in [0.25, 0.3) is 0 Å². The molecule has 0 N–H and O–H groups in total. The van der Waals surface area contributed by atoms with E-state index in [2.05, 4.69) is 32.4 Å². The highest BCUT2D eigenvalue weighted by atomic mass is 19.1. The van der Waals surface area contributed by atoms with Gasteiger partial charge >= 0.3 is 0 Å². The van der Waals surface area contributed by atoms with Gasteiger partial charge < -0.3 is 14.4 Å². The van der Waals surface area contributed by atoms with Crippen LogP contribution in [0.5, 0.6) is 11.5 Å². The normalized spacial score (nSPS) is 16.3. The molecule has 1 aliphatic rings. The minimum absolute atomic E-state index is 0.149. The molecule has 0 aliphatic carbocycles. The molecule has 3 aromatic rings. The molecule has 1 atom stereocenters. The Morgan fingerprint density at radius 1 is 0.968 bits per heavy atom. The number of likely N-dealkylation sites (N-methyl/N-ethyl adjacent to an activating group) is 1. The van der Waals surface area contributed by atoms with Crippen molar-refractivity contribution in [1.29, 1.82) is 0 Å². The van der Waals surface area contributed by atoms with Crippen LogP contribution in [-0.4, -0.2) is 77.5 Å². The molecule has 4 rings (SSSR count). The van der Waals surface area contributed by atoms with Gasteiger partial charge in [-0.25, -0.2) is 9.07 Å². The first-order valence-corrected chi connectivity index (χ1v) is 10.2. The Labute approximate surface area is 181 Å². The number of benzene rings is 2. The van der Waals surface area contributed by atoms with Crippen LogP contribution in [0.3, 0.4) is 0 Å². The Morgan fingerprint density at radius 3 is 2.35 bits per heavy atom. The zero-order chi connectivity index (χ0) is 21.8. The SMILES string of the molecule is COc1ccc(C(c2nnnn2Cc2ccc(F)cc2)N2CCN(C)CC2)cc1OC. The fraction of sp³-hybridized carbons (Fsp3) is 0.409. The lowest BCUT2D eigenvalue weighted by molar-refractivity contribution is 0.121. The van der Waals surface area contributed by atoms with Crippen molar-refractivity contribution in [1.82, 2.24) is 30.0 Å². The Bertz CT molecular complexity index is 1000. The van der Waals surface area contributed by atoms with E-state index in [1.54, 1.807) is 31.0 Å². The zero-order valence-corrected chi connectivity index (χ0v) is 18.0. The molecule has 1 aromatic heterocycles. The average molecular weight is 426 g/mol. The number of hydrogen-bond donors (Lipinski definition) is 0. The van der Waals surface area contributed by atoms with Gasteiger partial charge in [-0.05, 0) is 52.9 Å². The molecule has 0 spiro atoms. The van der Waals surface area contributed by atoms with E-state index in [1.807, 2.05) is 18.2 Å². The third kappa shape index (κ3) is 4.67. The molecular formula is C22H27FN6O2. The minimum Gasteiger partial charge on any atom is -0.493 e. The summed E-state index contributed by atoms with van der Waals surface area (Å²) in [7, 11) is 5.38. The van der Waals surface area contributed by atoms with Crippen molar-refractivity contribution >= 4 is 0 Å². The summed E-state index contributed by atoms with van der Waals surface area (Å²) in [6.07, 6.45) is 0. The van der Waals surface area contributed by atoms with E-state index >= 15 is 0 Å². The number of methoxy groups -OCH3 is 2. The standard InChI is InChI=1S/C22H27FN6O2/c1-27-10-12-28(13-11-27)21(17-6-9-19(30-2)20(14-17)31-3)22-24-25-26-29(22)15-16-4-7-18(23)8-5-16/h4-9,14,21H,10-13,15H2,1-3H3. The average Bonchev–Trinajstić information content (AvgIpc) is 3.24. The van der Waals surface area contributed by atoms with Gasteiger partial charge in [0.25, 0.3) is 0 Å². The summed E-state index contributed by atoms with van der Waals surface area (Å²) in [5.41, 5.74) is 1.96. The van der Waals surface area contributed by atoms with Crippen LogP contribution in [0, 0.1) is 5.82 Å². The van der Waals surface area contributed by atoms with Crippen molar-refractivity contribution in [3.05, 3.63) is 65.2 Å². The summed E-state index contributed by atoms with van der Waals surface area (Å²) >= 11 is 0. The first-order chi connectivity index (χ1) is 15.1. The second kappa shape index (κ2) is 9.40. The number of rotatable bonds is 7. The van der Waals surface area contributed by atoms with E-state index in [1.165, 1.54) is 12.1 Å². The van der Waals surface area contributed by atoms with Gasteiger partial charge in [-0.3, -0.25) is 4.90 Å². The van der Waals surface area contributed by atoms with E-state index < -0.39 is 0 Å². The molecule has 1 unspecified atom stereocenters. The maximum Gasteiger partial charge on any atom is 0.173 e. The van der Waals surface area contributed by atoms with Crippen molar-refractivity contribution in [3.63, 3.8) is 0 Å². The van der Waals surface area contributed by atoms with Crippen molar-refractivity contribution < 1.29 is 13.9 Å². The van der Waals surface area contributed by atoms with Gasteiger partial charge in [-0.1, -0.05) is 18.2 Å². The van der Waals surface area contributed by atoms with Gasteiger partial charge in [-0.2, -0.15) is 0 Å². The molecule has 31 heavy (non-hydrogen) atoms. The molecule has 9 heteroatoms. The maximum absolute atomic E-state index is 13.3. The monoisotopic (exact) mass is 426 g/mol. The topological polar surface area (TPSA) is 68.5 Å². The molecule has 8 nitrogen and oxygen atoms in total. The second-order valence-corrected chi connectivity index (χ2v) is 7.68. The third-order valence-electron chi connectivity index (χ3n) is 5.68. The van der Waals surface area contributed by atoms with Gasteiger partial charge in [-0.15, -0.1) is 5.10 Å². The Hall–Kier alpha value is -3.04. The fourth-order valence-electron chi connectivity index (χ4n) is 3.91. The zero-order valence-electron chi connectivity index (χ0n) is 18.0. The van der Waals surface area contributed by atoms with Crippen LogP contribution in [0.2, 0.25) is 0 Å². The smallest absolute Gasteiger partial charge is 0.173 e. The summed E-state index contributed by atoms with van der Waals surface area (Å²) in [6.45, 7) is 4.16. The number of piperazine rings is 1. The van der Waals surface area contributed by atoms with E-state index in [-0.39, 0.29) is 11.9 Å². The number of nitrogens with zero attached hydrogens (tertiary/aromatic N) is 6. The van der Waals surface area contributed by atoms with E-state index in [4.69, 9.17) is 9.47 Å². The molecule has 1 aliphatic heterocycles. The van der Waals surface area contributed by atoms with Crippen molar-refractivity contribution in [2.24, 2.45) is 0 Å². The Balaban J connectivity index is 1.72. The van der Waals surface area contributed by atoms with Gasteiger partial charge in [0.1, 0.15) is 5.82 Å². The van der Waals surface area contributed by atoms with E-state index in [9.17, 15) is 4.39 Å². The summed E-state index contributed by atoms with van der Waals surface area (Å²) in [6, 6.07) is 12.2. The molecule has 1 saturated heterocycles. The van der Waals surface area contributed by atoms with Crippen molar-refractivity contribution in [3.8, 4) is 11.5 Å². The predicted molar refractivity (Wildman–Crippen MR) is 114 cm³/mol. The van der Waals surface area contributed by atoms with Gasteiger partial charge in [0.05, 0.1) is 26.8 Å². The second-order valence-electron chi connectivity index (χ2n) is 7.68. The largest absolute Gasteiger partial charge is 0.493 e. The molecule has 0 radical (unpaired) electrons. The number of tetrazole rings is 1. The lowest BCUT2D eigenvalue weighted by Gasteiger charge is -2.37. The molecule has 0 amide bonds. The van der Waals surface area contributed by atoms with Crippen LogP contribution in [0.4, 0.5) is 4.39 Å². The van der Waals surface area contributed by atoms with E-state index in [0.29, 0.717) is 18.0 Å². The fourth-order valence-corrected chi connectivity index (χ4v) is 3.91.